The van der Waals surface area contributed by atoms with Gasteiger partial charge < -0.3 is 5.32 Å². The van der Waals surface area contributed by atoms with Crippen LogP contribution in [0.1, 0.15) is 35.9 Å². The van der Waals surface area contributed by atoms with E-state index in [1.54, 1.807) is 24.3 Å². The Bertz CT molecular complexity index is 971. The van der Waals surface area contributed by atoms with Crippen LogP contribution in [0.15, 0.2) is 29.2 Å². The number of carbonyl (C=O) groups is 1. The van der Waals surface area contributed by atoms with Crippen molar-refractivity contribution in [2.45, 2.75) is 44.9 Å². The van der Waals surface area contributed by atoms with Crippen LogP contribution in [0.4, 0.5) is 5.13 Å². The van der Waals surface area contributed by atoms with E-state index in [2.05, 4.69) is 26.8 Å². The molecule has 1 aromatic heterocycles. The summed E-state index contributed by atoms with van der Waals surface area (Å²) in [6.45, 7) is 8.19. The predicted octanol–water partition coefficient (Wildman–Crippen LogP) is 2.95. The maximum Gasteiger partial charge on any atom is 0.240 e. The minimum Gasteiger partial charge on any atom is -0.301 e. The van der Waals surface area contributed by atoms with Crippen molar-refractivity contribution in [2.24, 2.45) is 5.92 Å². The third-order valence-corrected chi connectivity index (χ3v) is 7.71. The normalized spacial score (nSPS) is 17.8. The average molecular weight is 451 g/mol. The van der Waals surface area contributed by atoms with Crippen LogP contribution in [0.3, 0.4) is 0 Å². The molecule has 2 aromatic rings. The van der Waals surface area contributed by atoms with Gasteiger partial charge in [0.2, 0.25) is 15.9 Å². The van der Waals surface area contributed by atoms with E-state index in [1.807, 2.05) is 13.8 Å². The van der Waals surface area contributed by atoms with Crippen LogP contribution in [-0.2, 0) is 21.2 Å². The minimum atomic E-state index is -3.52. The Morgan fingerprint density at radius 2 is 2.00 bits per heavy atom. The standard InChI is InChI=1S/C21H30N4O3S2/c1-4-19-16(3)29-21(23-19)24-20(26)14-25-11-5-6-17(13-25)12-22-30(27,28)18-9-7-15(2)8-10-18/h7-10,17,22H,4-6,11-14H2,1-3H3,(H,23,24,26). The first-order chi connectivity index (χ1) is 14.3. The zero-order valence-corrected chi connectivity index (χ0v) is 19.4. The molecule has 1 saturated heterocycles. The van der Waals surface area contributed by atoms with Gasteiger partial charge in [-0.25, -0.2) is 18.1 Å². The number of benzene rings is 1. The van der Waals surface area contributed by atoms with Gasteiger partial charge in [0.15, 0.2) is 5.13 Å². The summed E-state index contributed by atoms with van der Waals surface area (Å²) < 4.78 is 27.7. The lowest BCUT2D eigenvalue weighted by Crippen LogP contribution is -2.43. The molecule has 3 rings (SSSR count). The van der Waals surface area contributed by atoms with E-state index in [0.717, 1.165) is 41.9 Å². The van der Waals surface area contributed by atoms with Gasteiger partial charge in [0.1, 0.15) is 0 Å². The quantitative estimate of drug-likeness (QED) is 0.645. The van der Waals surface area contributed by atoms with Gasteiger partial charge >= 0.3 is 0 Å². The van der Waals surface area contributed by atoms with Crippen molar-refractivity contribution < 1.29 is 13.2 Å². The molecule has 164 valence electrons. The summed E-state index contributed by atoms with van der Waals surface area (Å²) in [7, 11) is -3.52. The molecule has 1 fully saturated rings. The van der Waals surface area contributed by atoms with Crippen LogP contribution < -0.4 is 10.0 Å². The number of aromatic nitrogens is 1. The maximum atomic E-state index is 12.5. The molecule has 0 spiro atoms. The van der Waals surface area contributed by atoms with Crippen LogP contribution in [-0.4, -0.2) is 50.4 Å². The second-order valence-electron chi connectivity index (χ2n) is 7.83. The molecular weight excluding hydrogens is 420 g/mol. The van der Waals surface area contributed by atoms with E-state index in [9.17, 15) is 13.2 Å². The summed E-state index contributed by atoms with van der Waals surface area (Å²) in [6, 6.07) is 6.84. The Balaban J connectivity index is 1.49. The minimum absolute atomic E-state index is 0.0766. The van der Waals surface area contributed by atoms with E-state index in [0.29, 0.717) is 24.8 Å². The molecule has 0 aliphatic carbocycles. The molecule has 1 aliphatic heterocycles. The molecule has 7 nitrogen and oxygen atoms in total. The van der Waals surface area contributed by atoms with Crippen LogP contribution in [0, 0.1) is 19.8 Å². The van der Waals surface area contributed by atoms with Crippen LogP contribution in [0.2, 0.25) is 0 Å². The van der Waals surface area contributed by atoms with E-state index >= 15 is 0 Å². The number of anilines is 1. The first kappa shape index (κ1) is 22.9. The van der Waals surface area contributed by atoms with Crippen molar-refractivity contribution in [1.82, 2.24) is 14.6 Å². The number of nitrogens with zero attached hydrogens (tertiary/aromatic N) is 2. The summed E-state index contributed by atoms with van der Waals surface area (Å²) in [5, 5.41) is 3.54. The highest BCUT2D eigenvalue weighted by Crippen LogP contribution is 2.22. The lowest BCUT2D eigenvalue weighted by molar-refractivity contribution is -0.117. The van der Waals surface area contributed by atoms with Gasteiger partial charge in [0, 0.05) is 18.0 Å². The number of sulfonamides is 1. The Kier molecular flexibility index (Phi) is 7.62. The zero-order valence-electron chi connectivity index (χ0n) is 17.8. The van der Waals surface area contributed by atoms with E-state index in [1.165, 1.54) is 11.3 Å². The molecule has 0 bridgehead atoms. The Morgan fingerprint density at radius 3 is 2.67 bits per heavy atom. The smallest absolute Gasteiger partial charge is 0.240 e. The van der Waals surface area contributed by atoms with Crippen molar-refractivity contribution in [3.8, 4) is 0 Å². The number of rotatable bonds is 8. The molecule has 0 saturated carbocycles. The SMILES string of the molecule is CCc1nc(NC(=O)CN2CCCC(CNS(=O)(=O)c3ccc(C)cc3)C2)sc1C. The molecule has 9 heteroatoms. The van der Waals surface area contributed by atoms with Crippen LogP contribution >= 0.6 is 11.3 Å². The third-order valence-electron chi connectivity index (χ3n) is 5.34. The number of amides is 1. The summed E-state index contributed by atoms with van der Waals surface area (Å²) >= 11 is 1.50. The van der Waals surface area contributed by atoms with Crippen LogP contribution in [0.25, 0.3) is 0 Å². The van der Waals surface area contributed by atoms with Gasteiger partial charge in [0.05, 0.1) is 17.1 Å². The van der Waals surface area contributed by atoms with E-state index in [-0.39, 0.29) is 16.7 Å². The predicted molar refractivity (Wildman–Crippen MR) is 120 cm³/mol. The van der Waals surface area contributed by atoms with Crippen LogP contribution in [0.5, 0.6) is 0 Å². The monoisotopic (exact) mass is 450 g/mol. The molecule has 0 radical (unpaired) electrons. The molecule has 30 heavy (non-hydrogen) atoms. The summed E-state index contributed by atoms with van der Waals surface area (Å²) in [4.78, 5) is 20.4. The largest absolute Gasteiger partial charge is 0.301 e. The van der Waals surface area contributed by atoms with Crippen molar-refractivity contribution in [3.05, 3.63) is 40.4 Å². The molecule has 2 heterocycles. The highest BCUT2D eigenvalue weighted by molar-refractivity contribution is 7.89. The first-order valence-electron chi connectivity index (χ1n) is 10.3. The fourth-order valence-corrected chi connectivity index (χ4v) is 5.70. The van der Waals surface area contributed by atoms with Gasteiger partial charge in [-0.1, -0.05) is 24.6 Å². The van der Waals surface area contributed by atoms with Gasteiger partial charge in [-0.3, -0.25) is 9.69 Å². The summed E-state index contributed by atoms with van der Waals surface area (Å²) in [5.74, 6) is 0.105. The Morgan fingerprint density at radius 1 is 1.27 bits per heavy atom. The molecule has 1 aromatic carbocycles. The number of hydrogen-bond acceptors (Lipinski definition) is 6. The highest BCUT2D eigenvalue weighted by Gasteiger charge is 2.24. The highest BCUT2D eigenvalue weighted by atomic mass is 32.2. The topological polar surface area (TPSA) is 91.4 Å². The van der Waals surface area contributed by atoms with Gasteiger partial charge in [-0.2, -0.15) is 0 Å². The van der Waals surface area contributed by atoms with Crippen molar-refractivity contribution >= 4 is 32.4 Å². The van der Waals surface area contributed by atoms with Gasteiger partial charge in [-0.15, -0.1) is 11.3 Å². The van der Waals surface area contributed by atoms with Crippen molar-refractivity contribution in [1.29, 1.82) is 0 Å². The fourth-order valence-electron chi connectivity index (χ4n) is 3.66. The molecule has 1 atom stereocenters. The first-order valence-corrected chi connectivity index (χ1v) is 12.6. The number of likely N-dealkylation sites (tertiary alicyclic amines) is 1. The van der Waals surface area contributed by atoms with Crippen molar-refractivity contribution in [2.75, 3.05) is 31.5 Å². The number of hydrogen-bond donors (Lipinski definition) is 2. The zero-order chi connectivity index (χ0) is 21.7. The van der Waals surface area contributed by atoms with Gasteiger partial charge in [-0.05, 0) is 57.7 Å². The number of aryl methyl sites for hydroxylation is 3. The van der Waals surface area contributed by atoms with Crippen molar-refractivity contribution in [3.63, 3.8) is 0 Å². The molecule has 1 amide bonds. The number of nitrogens with one attached hydrogen (secondary N) is 2. The molecule has 1 aliphatic rings. The second-order valence-corrected chi connectivity index (χ2v) is 10.8. The van der Waals surface area contributed by atoms with E-state index < -0.39 is 10.0 Å². The maximum absolute atomic E-state index is 12.5. The Labute approximate surface area is 183 Å². The lowest BCUT2D eigenvalue weighted by Gasteiger charge is -2.32. The number of carbonyl (C=O) groups excluding carboxylic acids is 1. The average Bonchev–Trinajstić information content (AvgIpc) is 3.06. The third kappa shape index (κ3) is 6.10. The fraction of sp³-hybridized carbons (Fsp3) is 0.524. The summed E-state index contributed by atoms with van der Waals surface area (Å²) in [5.41, 5.74) is 2.04. The number of piperidine rings is 1. The second kappa shape index (κ2) is 10.00. The van der Waals surface area contributed by atoms with E-state index in [4.69, 9.17) is 0 Å². The Hall–Kier alpha value is -1.81. The molecule has 2 N–H and O–H groups in total. The molecular formula is C21H30N4O3S2. The van der Waals surface area contributed by atoms with Gasteiger partial charge in [0.25, 0.3) is 0 Å². The lowest BCUT2D eigenvalue weighted by atomic mass is 9.98. The molecule has 1 unspecified atom stereocenters. The summed E-state index contributed by atoms with van der Waals surface area (Å²) in [6.07, 6.45) is 2.74. The number of thiazole rings is 1.